The second-order valence-corrected chi connectivity index (χ2v) is 10.9. The summed E-state index contributed by atoms with van der Waals surface area (Å²) in [4.78, 5) is 36.2. The third-order valence-electron chi connectivity index (χ3n) is 7.59. The summed E-state index contributed by atoms with van der Waals surface area (Å²) in [5, 5.41) is 27.7. The monoisotopic (exact) mass is 557 g/mol. The first-order chi connectivity index (χ1) is 19.7. The summed E-state index contributed by atoms with van der Waals surface area (Å²) in [6.07, 6.45) is 0.666. The van der Waals surface area contributed by atoms with Crippen LogP contribution < -0.4 is 15.0 Å². The number of aromatic carboxylic acids is 1. The van der Waals surface area contributed by atoms with Gasteiger partial charge in [-0.2, -0.15) is 0 Å². The molecule has 212 valence electrons. The first-order valence-electron chi connectivity index (χ1n) is 13.4. The van der Waals surface area contributed by atoms with Crippen molar-refractivity contribution in [2.24, 2.45) is 0 Å². The number of fused-ring (bicyclic) bond motifs is 1. The third kappa shape index (κ3) is 5.25. The van der Waals surface area contributed by atoms with Gasteiger partial charge in [-0.1, -0.05) is 43.3 Å². The molecule has 2 atom stereocenters. The van der Waals surface area contributed by atoms with E-state index in [2.05, 4.69) is 39.4 Å². The number of hydrogen-bond acceptors (Lipinski definition) is 8. The van der Waals surface area contributed by atoms with E-state index in [0.29, 0.717) is 43.5 Å². The number of benzene rings is 1. The summed E-state index contributed by atoms with van der Waals surface area (Å²) in [6.45, 7) is 5.92. The average Bonchev–Trinajstić information content (AvgIpc) is 3.53. The zero-order chi connectivity index (χ0) is 28.7. The summed E-state index contributed by atoms with van der Waals surface area (Å²) < 4.78 is 7.65. The Balaban J connectivity index is 1.08. The molecule has 0 radical (unpaired) electrons. The van der Waals surface area contributed by atoms with E-state index in [1.165, 1.54) is 11.6 Å². The first-order valence-corrected chi connectivity index (χ1v) is 13.4. The number of anilines is 1. The van der Waals surface area contributed by atoms with Crippen LogP contribution in [0.2, 0.25) is 0 Å². The van der Waals surface area contributed by atoms with Crippen molar-refractivity contribution >= 4 is 23.5 Å². The molecule has 12 nitrogen and oxygen atoms in total. The number of β-amino-alcohol motifs (C(OH)–C–C–N with tert-alkyl or cyclic N) is 1. The number of amides is 2. The topological polar surface area (TPSA) is 145 Å². The molecule has 1 unspecified atom stereocenters. The smallest absolute Gasteiger partial charge is 0.354 e. The number of aliphatic hydroxyl groups excluding tert-OH is 1. The van der Waals surface area contributed by atoms with Crippen LogP contribution in [0.1, 0.15) is 46.4 Å². The number of hydrogen-bond donors (Lipinski definition) is 3. The van der Waals surface area contributed by atoms with Crippen molar-refractivity contribution in [3.63, 3.8) is 0 Å². The van der Waals surface area contributed by atoms with E-state index in [4.69, 9.17) is 4.74 Å². The number of aliphatic hydroxyl groups is 1. The van der Waals surface area contributed by atoms with Crippen LogP contribution in [-0.2, 0) is 0 Å². The number of rotatable bonds is 9. The predicted molar refractivity (Wildman–Crippen MR) is 149 cm³/mol. The lowest BCUT2D eigenvalue weighted by Crippen LogP contribution is -2.69. The van der Waals surface area contributed by atoms with Crippen LogP contribution in [0.25, 0.3) is 5.65 Å². The largest absolute Gasteiger partial charge is 0.491 e. The number of aromatic nitrogens is 4. The Morgan fingerprint density at radius 1 is 1.12 bits per heavy atom. The summed E-state index contributed by atoms with van der Waals surface area (Å²) in [7, 11) is 0. The van der Waals surface area contributed by atoms with Gasteiger partial charge in [0.25, 0.3) is 0 Å². The zero-order valence-electron chi connectivity index (χ0n) is 22.8. The molecule has 4 aromatic rings. The van der Waals surface area contributed by atoms with Gasteiger partial charge in [0.05, 0.1) is 24.9 Å². The van der Waals surface area contributed by atoms with Gasteiger partial charge >= 0.3 is 12.0 Å². The molecule has 2 aliphatic rings. The first kappa shape index (κ1) is 26.5. The minimum atomic E-state index is -1.09. The Morgan fingerprint density at radius 2 is 1.90 bits per heavy atom. The molecule has 0 saturated carbocycles. The van der Waals surface area contributed by atoms with E-state index in [0.717, 1.165) is 5.56 Å². The summed E-state index contributed by atoms with van der Waals surface area (Å²) in [6, 6.07) is 16.6. The SMILES string of the molecule is Cc1cc(OC[C@H](C)c2ccccc2)cn2nc(C(O)CN3CC4(CN(c5cccc(C(=O)O)n5)C4)NC3=O)nc12. The number of pyridine rings is 2. The maximum absolute atomic E-state index is 12.8. The molecule has 2 aliphatic heterocycles. The fourth-order valence-electron chi connectivity index (χ4n) is 5.42. The van der Waals surface area contributed by atoms with Crippen LogP contribution in [0.4, 0.5) is 10.6 Å². The van der Waals surface area contributed by atoms with Crippen molar-refractivity contribution in [2.75, 3.05) is 37.7 Å². The van der Waals surface area contributed by atoms with Gasteiger partial charge in [0, 0.05) is 25.6 Å². The van der Waals surface area contributed by atoms with Gasteiger partial charge in [-0.15, -0.1) is 5.10 Å². The Labute approximate surface area is 236 Å². The van der Waals surface area contributed by atoms with Gasteiger partial charge in [-0.05, 0) is 36.2 Å². The van der Waals surface area contributed by atoms with E-state index in [1.54, 1.807) is 27.7 Å². The number of aryl methyl sites for hydroxylation is 1. The normalized spacial score (nSPS) is 17.4. The van der Waals surface area contributed by atoms with Crippen LogP contribution in [0, 0.1) is 6.92 Å². The van der Waals surface area contributed by atoms with Crippen LogP contribution >= 0.6 is 0 Å². The molecule has 6 rings (SSSR count). The van der Waals surface area contributed by atoms with Crippen molar-refractivity contribution in [1.82, 2.24) is 29.8 Å². The van der Waals surface area contributed by atoms with Crippen molar-refractivity contribution in [3.05, 3.63) is 83.4 Å². The van der Waals surface area contributed by atoms with Crippen molar-refractivity contribution < 1.29 is 24.5 Å². The summed E-state index contributed by atoms with van der Waals surface area (Å²) >= 11 is 0. The maximum atomic E-state index is 12.8. The number of ether oxygens (including phenoxy) is 1. The average molecular weight is 558 g/mol. The predicted octanol–water partition coefficient (Wildman–Crippen LogP) is 2.63. The highest BCUT2D eigenvalue weighted by atomic mass is 16.5. The van der Waals surface area contributed by atoms with Gasteiger partial charge in [0.2, 0.25) is 0 Å². The Hall–Kier alpha value is -4.71. The second-order valence-electron chi connectivity index (χ2n) is 10.9. The van der Waals surface area contributed by atoms with Gasteiger partial charge in [0.1, 0.15) is 17.7 Å². The van der Waals surface area contributed by atoms with Crippen LogP contribution in [-0.4, -0.2) is 85.0 Å². The number of carbonyl (C=O) groups excluding carboxylic acids is 1. The number of nitrogens with zero attached hydrogens (tertiary/aromatic N) is 6. The van der Waals surface area contributed by atoms with E-state index in [9.17, 15) is 19.8 Å². The molecule has 12 heteroatoms. The lowest BCUT2D eigenvalue weighted by molar-refractivity contribution is 0.0690. The molecule has 1 spiro atoms. The lowest BCUT2D eigenvalue weighted by atomic mass is 9.90. The summed E-state index contributed by atoms with van der Waals surface area (Å²) in [5.74, 6) is 0.548. The lowest BCUT2D eigenvalue weighted by Gasteiger charge is -2.47. The molecule has 0 bridgehead atoms. The van der Waals surface area contributed by atoms with Crippen LogP contribution in [0.3, 0.4) is 0 Å². The second kappa shape index (κ2) is 10.4. The van der Waals surface area contributed by atoms with E-state index < -0.39 is 17.6 Å². The molecule has 2 fully saturated rings. The molecular formula is C29H31N7O5. The molecule has 5 heterocycles. The zero-order valence-corrected chi connectivity index (χ0v) is 22.8. The van der Waals surface area contributed by atoms with Gasteiger partial charge in [0.15, 0.2) is 17.2 Å². The minimum absolute atomic E-state index is 0.0285. The Kier molecular flexibility index (Phi) is 6.70. The van der Waals surface area contributed by atoms with Gasteiger partial charge < -0.3 is 30.1 Å². The van der Waals surface area contributed by atoms with Gasteiger partial charge in [-0.3, -0.25) is 0 Å². The van der Waals surface area contributed by atoms with E-state index >= 15 is 0 Å². The standard InChI is InChI=1S/C29H31N7O5/c1-18-11-21(41-14-19(2)20-7-4-3-5-8-20)12-36-26(18)31-25(33-36)23(37)13-34-15-29(32-28(34)40)16-35(17-29)24-10-6-9-22(30-24)27(38)39/h3-12,19,23,37H,13-17H2,1-2H3,(H,32,40)(H,38,39)/t19-,23?/m0/s1. The molecule has 3 N–H and O–H groups in total. The molecule has 0 aliphatic carbocycles. The molecule has 41 heavy (non-hydrogen) atoms. The summed E-state index contributed by atoms with van der Waals surface area (Å²) in [5.41, 5.74) is 2.13. The van der Waals surface area contributed by atoms with Crippen molar-refractivity contribution in [3.8, 4) is 5.75 Å². The van der Waals surface area contributed by atoms with Gasteiger partial charge in [-0.25, -0.2) is 24.1 Å². The van der Waals surface area contributed by atoms with Crippen LogP contribution in [0.5, 0.6) is 5.75 Å². The quantitative estimate of drug-likeness (QED) is 0.283. The number of nitrogens with one attached hydrogen (secondary N) is 1. The highest BCUT2D eigenvalue weighted by molar-refractivity contribution is 5.86. The number of urea groups is 1. The highest BCUT2D eigenvalue weighted by Gasteiger charge is 2.51. The fraction of sp³-hybridized carbons (Fsp3) is 0.345. The van der Waals surface area contributed by atoms with Crippen molar-refractivity contribution in [1.29, 1.82) is 0 Å². The fourth-order valence-corrected chi connectivity index (χ4v) is 5.42. The van der Waals surface area contributed by atoms with Crippen molar-refractivity contribution in [2.45, 2.75) is 31.4 Å². The number of carboxylic acid groups (broad SMARTS) is 1. The highest BCUT2D eigenvalue weighted by Crippen LogP contribution is 2.31. The third-order valence-corrected chi connectivity index (χ3v) is 7.59. The minimum Gasteiger partial charge on any atom is -0.491 e. The maximum Gasteiger partial charge on any atom is 0.354 e. The molecule has 3 aromatic heterocycles. The number of carbonyl (C=O) groups is 2. The Morgan fingerprint density at radius 3 is 2.66 bits per heavy atom. The molecule has 2 amide bonds. The van der Waals surface area contributed by atoms with Crippen LogP contribution in [0.15, 0.2) is 60.8 Å². The van der Waals surface area contributed by atoms with E-state index in [1.807, 2.05) is 36.1 Å². The molecule has 2 saturated heterocycles. The molecular weight excluding hydrogens is 526 g/mol. The molecule has 1 aromatic carbocycles. The van der Waals surface area contributed by atoms with E-state index in [-0.39, 0.29) is 30.0 Å². The number of carboxylic acids is 1. The Bertz CT molecular complexity index is 1600.